The molecule has 2 aromatic carbocycles. The minimum absolute atomic E-state index is 0.176. The van der Waals surface area contributed by atoms with E-state index in [9.17, 15) is 9.59 Å². The van der Waals surface area contributed by atoms with Gasteiger partial charge in [0.2, 0.25) is 12.8 Å². The van der Waals surface area contributed by atoms with Gasteiger partial charge in [0.05, 0.1) is 53.1 Å². The van der Waals surface area contributed by atoms with Gasteiger partial charge >= 0.3 is 0 Å². The van der Waals surface area contributed by atoms with E-state index in [0.29, 0.717) is 41.5 Å². The number of likely N-dealkylation sites (N-methyl/N-ethyl adjacent to an activating group) is 1. The zero-order valence-corrected chi connectivity index (χ0v) is 26.5. The van der Waals surface area contributed by atoms with Crippen molar-refractivity contribution < 1.29 is 19.1 Å². The first-order valence-electron chi connectivity index (χ1n) is 13.5. The first-order valence-corrected chi connectivity index (χ1v) is 14.3. The fourth-order valence-corrected chi connectivity index (χ4v) is 5.45. The summed E-state index contributed by atoms with van der Waals surface area (Å²) in [6.45, 7) is 7.62. The van der Waals surface area contributed by atoms with Gasteiger partial charge in [-0.15, -0.1) is 0 Å². The van der Waals surface area contributed by atoms with Crippen LogP contribution in [0, 0.1) is 13.8 Å². The maximum atomic E-state index is 11.9. The Morgan fingerprint density at radius 3 is 2.21 bits per heavy atom. The molecule has 2 amide bonds. The van der Waals surface area contributed by atoms with Crippen LogP contribution in [-0.2, 0) is 9.59 Å². The lowest BCUT2D eigenvalue weighted by atomic mass is 10.1. The highest BCUT2D eigenvalue weighted by Gasteiger charge is 2.24. The van der Waals surface area contributed by atoms with E-state index in [0.717, 1.165) is 48.7 Å². The Morgan fingerprint density at radius 2 is 1.65 bits per heavy atom. The largest absolute Gasteiger partial charge is 0.495 e. The monoisotopic (exact) mass is 627 g/mol. The molecule has 1 fully saturated rings. The number of nitrogens with one attached hydrogen (secondary N) is 2. The zero-order valence-electron chi connectivity index (χ0n) is 25.0. The lowest BCUT2D eigenvalue weighted by Gasteiger charge is -2.34. The van der Waals surface area contributed by atoms with Crippen LogP contribution in [0.4, 0.5) is 28.6 Å². The highest BCUT2D eigenvalue weighted by molar-refractivity contribution is 6.42. The van der Waals surface area contributed by atoms with Crippen LogP contribution in [-0.4, -0.2) is 87.9 Å². The summed E-state index contributed by atoms with van der Waals surface area (Å²) in [5.74, 6) is 1.35. The first kappa shape index (κ1) is 31.9. The summed E-state index contributed by atoms with van der Waals surface area (Å²) in [5, 5.41) is 6.53. The van der Waals surface area contributed by atoms with Gasteiger partial charge in [-0.2, -0.15) is 0 Å². The number of ether oxygens (including phenoxy) is 2. The Balaban J connectivity index is 1.71. The van der Waals surface area contributed by atoms with Crippen LogP contribution in [0.15, 0.2) is 35.5 Å². The molecule has 0 aliphatic carbocycles. The molecule has 228 valence electrons. The van der Waals surface area contributed by atoms with E-state index in [1.165, 1.54) is 19.1 Å². The number of carbonyl (C=O) groups excluding carboxylic acids is 2. The second-order valence-electron chi connectivity index (χ2n) is 10.2. The molecule has 43 heavy (non-hydrogen) atoms. The van der Waals surface area contributed by atoms with Gasteiger partial charge in [0, 0.05) is 45.0 Å². The van der Waals surface area contributed by atoms with Crippen molar-refractivity contribution in [1.82, 2.24) is 14.8 Å². The van der Waals surface area contributed by atoms with Crippen LogP contribution >= 0.6 is 23.2 Å². The number of aryl methyl sites for hydroxylation is 2. The van der Waals surface area contributed by atoms with Gasteiger partial charge in [0.25, 0.3) is 0 Å². The maximum absolute atomic E-state index is 11.9. The van der Waals surface area contributed by atoms with E-state index in [4.69, 9.17) is 37.7 Å². The molecular formula is C30H35Cl2N7O4. The number of hydrogen-bond acceptors (Lipinski definition) is 9. The highest BCUT2D eigenvalue weighted by Crippen LogP contribution is 2.42. The summed E-state index contributed by atoms with van der Waals surface area (Å²) in [6, 6.07) is 7.46. The van der Waals surface area contributed by atoms with Crippen molar-refractivity contribution in [2.75, 3.05) is 70.0 Å². The number of rotatable bonds is 10. The van der Waals surface area contributed by atoms with E-state index in [2.05, 4.69) is 38.5 Å². The third kappa shape index (κ3) is 6.96. The van der Waals surface area contributed by atoms with Gasteiger partial charge in [-0.05, 0) is 50.2 Å². The van der Waals surface area contributed by atoms with Crippen molar-refractivity contribution >= 4 is 70.4 Å². The predicted octanol–water partition coefficient (Wildman–Crippen LogP) is 5.25. The Bertz CT molecular complexity index is 1510. The Labute approximate surface area is 261 Å². The summed E-state index contributed by atoms with van der Waals surface area (Å²) in [6.07, 6.45) is 2.85. The fraction of sp³-hybridized carbons (Fsp3) is 0.333. The molecule has 0 atom stereocenters. The zero-order chi connectivity index (χ0) is 31.3. The number of methoxy groups -OCH3 is 2. The lowest BCUT2D eigenvalue weighted by molar-refractivity contribution is -0.114. The average molecular weight is 629 g/mol. The first-order chi connectivity index (χ1) is 20.6. The molecule has 0 bridgehead atoms. The molecule has 13 heteroatoms. The second-order valence-corrected chi connectivity index (χ2v) is 10.9. The molecule has 3 aromatic rings. The molecule has 2 N–H and O–H groups in total. The molecule has 1 aromatic heterocycles. The summed E-state index contributed by atoms with van der Waals surface area (Å²) in [5.41, 5.74) is 4.90. The third-order valence-corrected chi connectivity index (χ3v) is 8.01. The molecule has 1 saturated heterocycles. The van der Waals surface area contributed by atoms with E-state index in [-0.39, 0.29) is 21.4 Å². The number of halogens is 2. The fourth-order valence-electron chi connectivity index (χ4n) is 4.78. The summed E-state index contributed by atoms with van der Waals surface area (Å²) in [4.78, 5) is 38.5. The van der Waals surface area contributed by atoms with E-state index in [1.54, 1.807) is 19.3 Å². The van der Waals surface area contributed by atoms with Crippen molar-refractivity contribution in [3.63, 3.8) is 0 Å². The molecule has 0 radical (unpaired) electrons. The number of amides is 2. The molecular weight excluding hydrogens is 593 g/mol. The second kappa shape index (κ2) is 13.9. The van der Waals surface area contributed by atoms with Crippen LogP contribution < -0.4 is 25.0 Å². The molecule has 0 unspecified atom stereocenters. The average Bonchev–Trinajstić information content (AvgIpc) is 2.99. The molecule has 4 rings (SSSR count). The van der Waals surface area contributed by atoms with Gasteiger partial charge in [-0.1, -0.05) is 23.2 Å². The molecule has 0 saturated carbocycles. The van der Waals surface area contributed by atoms with Gasteiger partial charge in [0.1, 0.15) is 23.2 Å². The number of nitrogens with zero attached hydrogens (tertiary/aromatic N) is 5. The smallest absolute Gasteiger partial charge is 0.215 e. The number of pyridine rings is 1. The van der Waals surface area contributed by atoms with E-state index < -0.39 is 0 Å². The topological polar surface area (TPSA) is 112 Å². The minimum Gasteiger partial charge on any atom is -0.495 e. The van der Waals surface area contributed by atoms with E-state index >= 15 is 0 Å². The number of aliphatic imine (C=N–C) groups is 1. The number of piperazine rings is 1. The van der Waals surface area contributed by atoms with Crippen LogP contribution in [0.2, 0.25) is 10.0 Å². The molecule has 11 nitrogen and oxygen atoms in total. The maximum Gasteiger partial charge on any atom is 0.215 e. The van der Waals surface area contributed by atoms with E-state index in [1.807, 2.05) is 26.0 Å². The van der Waals surface area contributed by atoms with Crippen molar-refractivity contribution in [2.24, 2.45) is 4.99 Å². The van der Waals surface area contributed by atoms with Crippen LogP contribution in [0.3, 0.4) is 0 Å². The van der Waals surface area contributed by atoms with Gasteiger partial charge in [-0.25, -0.2) is 9.98 Å². The minimum atomic E-state index is 0.176. The normalized spacial score (nSPS) is 13.9. The van der Waals surface area contributed by atoms with Crippen molar-refractivity contribution in [3.05, 3.63) is 57.2 Å². The van der Waals surface area contributed by atoms with Crippen molar-refractivity contribution in [3.8, 4) is 11.5 Å². The van der Waals surface area contributed by atoms with Crippen LogP contribution in [0.25, 0.3) is 0 Å². The SMILES string of the molecule is COc1cc(OC)c(Cl)c(C(=Nc2cnc(Nc3c(C)cc(N4CCN(C)CC4)cc3NC=O)cc2C)N(C)C=O)c1Cl. The lowest BCUT2D eigenvalue weighted by Crippen LogP contribution is -2.44. The number of anilines is 4. The van der Waals surface area contributed by atoms with Crippen LogP contribution in [0.1, 0.15) is 16.7 Å². The van der Waals surface area contributed by atoms with Crippen LogP contribution in [0.5, 0.6) is 11.5 Å². The molecule has 0 spiro atoms. The summed E-state index contributed by atoms with van der Waals surface area (Å²) < 4.78 is 10.8. The number of carbonyl (C=O) groups is 2. The Kier molecular flexibility index (Phi) is 10.3. The standard InChI is InChI=1S/C30H35Cl2N7O4/c1-18-12-25(36-29-19(2)11-20(13-21(29)34-16-40)39-9-7-37(3)8-10-39)33-15-22(18)35-30(38(4)17-41)26-27(31)23(42-5)14-24(43-6)28(26)32/h11-17H,7-10H2,1-6H3,(H,33,36)(H,34,40). The summed E-state index contributed by atoms with van der Waals surface area (Å²) in [7, 11) is 6.59. The van der Waals surface area contributed by atoms with Gasteiger partial charge in [0.15, 0.2) is 0 Å². The number of hydrogen-bond donors (Lipinski definition) is 2. The Hall–Kier alpha value is -4.06. The number of amidine groups is 1. The molecule has 2 heterocycles. The predicted molar refractivity (Wildman–Crippen MR) is 172 cm³/mol. The number of benzene rings is 2. The van der Waals surface area contributed by atoms with Gasteiger partial charge in [-0.3, -0.25) is 9.59 Å². The number of aromatic nitrogens is 1. The molecule has 1 aliphatic rings. The van der Waals surface area contributed by atoms with Crippen molar-refractivity contribution in [2.45, 2.75) is 13.8 Å². The van der Waals surface area contributed by atoms with Gasteiger partial charge < -0.3 is 34.8 Å². The third-order valence-electron chi connectivity index (χ3n) is 7.26. The highest BCUT2D eigenvalue weighted by atomic mass is 35.5. The quantitative estimate of drug-likeness (QED) is 0.178. The van der Waals surface area contributed by atoms with Crippen molar-refractivity contribution in [1.29, 1.82) is 0 Å². The summed E-state index contributed by atoms with van der Waals surface area (Å²) >= 11 is 13.3. The Morgan fingerprint density at radius 1 is 1.00 bits per heavy atom. The molecule has 1 aliphatic heterocycles.